The van der Waals surface area contributed by atoms with Crippen molar-refractivity contribution in [1.29, 1.82) is 0 Å². The van der Waals surface area contributed by atoms with E-state index in [9.17, 15) is 4.79 Å². The molecule has 1 aliphatic rings. The highest BCUT2D eigenvalue weighted by Crippen LogP contribution is 2.27. The molecule has 6 heteroatoms. The molecule has 0 fully saturated rings. The molecule has 1 amide bonds. The Morgan fingerprint density at radius 3 is 3.10 bits per heavy atom. The first kappa shape index (κ1) is 12.7. The minimum Gasteiger partial charge on any atom is -0.492 e. The first-order valence-corrected chi connectivity index (χ1v) is 6.49. The average Bonchev–Trinajstić information content (AvgIpc) is 2.75. The smallest absolute Gasteiger partial charge is 0.247 e. The predicted molar refractivity (Wildman–Crippen MR) is 74.5 cm³/mol. The molecule has 1 aliphatic heterocycles. The standard InChI is InChI=1S/C14H16N4O2/c1-18-12(6-7-16-18)17-14(19)13-10-4-2-3-5-11(10)20-9-8-15-13/h2-7,13,15H,8-9H2,1H3,(H,17,19). The van der Waals surface area contributed by atoms with Gasteiger partial charge in [-0.2, -0.15) is 5.10 Å². The second-order valence-electron chi connectivity index (χ2n) is 4.60. The molecule has 0 bridgehead atoms. The second kappa shape index (κ2) is 5.34. The van der Waals surface area contributed by atoms with Crippen LogP contribution in [0.3, 0.4) is 0 Å². The summed E-state index contributed by atoms with van der Waals surface area (Å²) in [6, 6.07) is 8.92. The quantitative estimate of drug-likeness (QED) is 0.858. The number of anilines is 1. The van der Waals surface area contributed by atoms with Crippen molar-refractivity contribution in [2.24, 2.45) is 7.05 Å². The summed E-state index contributed by atoms with van der Waals surface area (Å²) in [4.78, 5) is 12.5. The molecular weight excluding hydrogens is 256 g/mol. The fraction of sp³-hybridized carbons (Fsp3) is 0.286. The van der Waals surface area contributed by atoms with E-state index in [4.69, 9.17) is 4.74 Å². The summed E-state index contributed by atoms with van der Waals surface area (Å²) in [6.07, 6.45) is 1.65. The number of carbonyl (C=O) groups is 1. The van der Waals surface area contributed by atoms with Crippen LogP contribution in [0.4, 0.5) is 5.82 Å². The number of aromatic nitrogens is 2. The van der Waals surface area contributed by atoms with Crippen molar-refractivity contribution in [2.75, 3.05) is 18.5 Å². The summed E-state index contributed by atoms with van der Waals surface area (Å²) in [5, 5.41) is 10.1. The van der Waals surface area contributed by atoms with E-state index in [1.165, 1.54) is 0 Å². The van der Waals surface area contributed by atoms with Gasteiger partial charge in [0.15, 0.2) is 0 Å². The normalized spacial score (nSPS) is 17.8. The minimum atomic E-state index is -0.427. The number of para-hydroxylation sites is 1. The van der Waals surface area contributed by atoms with Crippen molar-refractivity contribution in [3.63, 3.8) is 0 Å². The van der Waals surface area contributed by atoms with Crippen LogP contribution in [0.2, 0.25) is 0 Å². The molecule has 0 spiro atoms. The summed E-state index contributed by atoms with van der Waals surface area (Å²) in [5.74, 6) is 1.30. The summed E-state index contributed by atoms with van der Waals surface area (Å²) < 4.78 is 7.25. The van der Waals surface area contributed by atoms with Crippen LogP contribution in [0.5, 0.6) is 5.75 Å². The molecule has 1 unspecified atom stereocenters. The molecule has 6 nitrogen and oxygen atoms in total. The number of fused-ring (bicyclic) bond motifs is 1. The van der Waals surface area contributed by atoms with E-state index in [0.29, 0.717) is 19.0 Å². The number of benzene rings is 1. The molecule has 3 rings (SSSR count). The van der Waals surface area contributed by atoms with E-state index in [1.807, 2.05) is 24.3 Å². The number of amides is 1. The number of hydrogen-bond donors (Lipinski definition) is 2. The fourth-order valence-corrected chi connectivity index (χ4v) is 2.25. The van der Waals surface area contributed by atoms with Gasteiger partial charge in [-0.05, 0) is 6.07 Å². The molecule has 2 heterocycles. The topological polar surface area (TPSA) is 68.2 Å². The first-order valence-electron chi connectivity index (χ1n) is 6.49. The highest BCUT2D eigenvalue weighted by Gasteiger charge is 2.26. The van der Waals surface area contributed by atoms with Gasteiger partial charge >= 0.3 is 0 Å². The van der Waals surface area contributed by atoms with Crippen molar-refractivity contribution in [3.8, 4) is 5.75 Å². The highest BCUT2D eigenvalue weighted by molar-refractivity contribution is 5.95. The zero-order chi connectivity index (χ0) is 13.9. The maximum Gasteiger partial charge on any atom is 0.247 e. The number of aryl methyl sites for hydroxylation is 1. The second-order valence-corrected chi connectivity index (χ2v) is 4.60. The molecule has 2 N–H and O–H groups in total. The Morgan fingerprint density at radius 1 is 1.45 bits per heavy atom. The van der Waals surface area contributed by atoms with Gasteiger partial charge in [-0.1, -0.05) is 18.2 Å². The Balaban J connectivity index is 1.86. The Kier molecular flexibility index (Phi) is 3.39. The lowest BCUT2D eigenvalue weighted by Crippen LogP contribution is -2.33. The van der Waals surface area contributed by atoms with Gasteiger partial charge in [0.2, 0.25) is 5.91 Å². The van der Waals surface area contributed by atoms with Gasteiger partial charge in [-0.15, -0.1) is 0 Å². The Labute approximate surface area is 116 Å². The van der Waals surface area contributed by atoms with Gasteiger partial charge in [0, 0.05) is 25.2 Å². The van der Waals surface area contributed by atoms with Crippen LogP contribution >= 0.6 is 0 Å². The molecule has 1 atom stereocenters. The van der Waals surface area contributed by atoms with Crippen LogP contribution in [0, 0.1) is 0 Å². The number of carbonyl (C=O) groups excluding carboxylic acids is 1. The maximum absolute atomic E-state index is 12.5. The maximum atomic E-state index is 12.5. The summed E-state index contributed by atoms with van der Waals surface area (Å²) in [5.41, 5.74) is 0.852. The third-order valence-corrected chi connectivity index (χ3v) is 3.27. The van der Waals surface area contributed by atoms with Gasteiger partial charge in [0.1, 0.15) is 24.2 Å². The van der Waals surface area contributed by atoms with E-state index in [1.54, 1.807) is 24.0 Å². The monoisotopic (exact) mass is 272 g/mol. The number of nitrogens with one attached hydrogen (secondary N) is 2. The molecule has 1 aromatic carbocycles. The molecule has 2 aromatic rings. The van der Waals surface area contributed by atoms with Crippen LogP contribution in [-0.4, -0.2) is 28.8 Å². The molecular formula is C14H16N4O2. The predicted octanol–water partition coefficient (Wildman–Crippen LogP) is 1.08. The van der Waals surface area contributed by atoms with Crippen LogP contribution in [0.15, 0.2) is 36.5 Å². The zero-order valence-electron chi connectivity index (χ0n) is 11.2. The molecule has 0 radical (unpaired) electrons. The van der Waals surface area contributed by atoms with Crippen molar-refractivity contribution in [1.82, 2.24) is 15.1 Å². The Bertz CT molecular complexity index is 623. The van der Waals surface area contributed by atoms with Crippen LogP contribution in [0.1, 0.15) is 11.6 Å². The van der Waals surface area contributed by atoms with Crippen molar-refractivity contribution in [2.45, 2.75) is 6.04 Å². The van der Waals surface area contributed by atoms with Gasteiger partial charge in [0.25, 0.3) is 0 Å². The lowest BCUT2D eigenvalue weighted by molar-refractivity contribution is -0.118. The van der Waals surface area contributed by atoms with E-state index < -0.39 is 6.04 Å². The number of rotatable bonds is 2. The van der Waals surface area contributed by atoms with Gasteiger partial charge in [0.05, 0.1) is 6.20 Å². The molecule has 0 saturated heterocycles. The van der Waals surface area contributed by atoms with Gasteiger partial charge in [-0.25, -0.2) is 0 Å². The third kappa shape index (κ3) is 2.37. The largest absolute Gasteiger partial charge is 0.492 e. The lowest BCUT2D eigenvalue weighted by atomic mass is 10.1. The summed E-state index contributed by atoms with van der Waals surface area (Å²) >= 11 is 0. The molecule has 1 aromatic heterocycles. The van der Waals surface area contributed by atoms with Gasteiger partial charge in [-0.3, -0.25) is 14.8 Å². The first-order chi connectivity index (χ1) is 9.75. The summed E-state index contributed by atoms with van der Waals surface area (Å²) in [6.45, 7) is 1.17. The Hall–Kier alpha value is -2.34. The van der Waals surface area contributed by atoms with Crippen LogP contribution in [0.25, 0.3) is 0 Å². The minimum absolute atomic E-state index is 0.119. The average molecular weight is 272 g/mol. The number of hydrogen-bond acceptors (Lipinski definition) is 4. The number of nitrogens with zero attached hydrogens (tertiary/aromatic N) is 2. The van der Waals surface area contributed by atoms with Gasteiger partial charge < -0.3 is 10.1 Å². The van der Waals surface area contributed by atoms with E-state index in [2.05, 4.69) is 15.7 Å². The van der Waals surface area contributed by atoms with Crippen molar-refractivity contribution < 1.29 is 9.53 Å². The SMILES string of the molecule is Cn1nccc1NC(=O)C1NCCOc2ccccc21. The van der Waals surface area contributed by atoms with Crippen molar-refractivity contribution in [3.05, 3.63) is 42.1 Å². The molecule has 104 valence electrons. The highest BCUT2D eigenvalue weighted by atomic mass is 16.5. The van der Waals surface area contributed by atoms with Crippen molar-refractivity contribution >= 4 is 11.7 Å². The molecule has 0 saturated carbocycles. The lowest BCUT2D eigenvalue weighted by Gasteiger charge is -2.17. The Morgan fingerprint density at radius 2 is 2.30 bits per heavy atom. The molecule has 20 heavy (non-hydrogen) atoms. The van der Waals surface area contributed by atoms with E-state index in [-0.39, 0.29) is 5.91 Å². The van der Waals surface area contributed by atoms with Crippen LogP contribution < -0.4 is 15.4 Å². The number of ether oxygens (including phenoxy) is 1. The summed E-state index contributed by atoms with van der Waals surface area (Å²) in [7, 11) is 1.78. The third-order valence-electron chi connectivity index (χ3n) is 3.27. The van der Waals surface area contributed by atoms with Crippen LogP contribution in [-0.2, 0) is 11.8 Å². The fourth-order valence-electron chi connectivity index (χ4n) is 2.25. The van der Waals surface area contributed by atoms with E-state index >= 15 is 0 Å². The van der Waals surface area contributed by atoms with E-state index in [0.717, 1.165) is 11.3 Å². The molecule has 0 aliphatic carbocycles. The zero-order valence-corrected chi connectivity index (χ0v) is 11.2.